The van der Waals surface area contributed by atoms with Crippen LogP contribution in [0.4, 0.5) is 0 Å². The van der Waals surface area contributed by atoms with Crippen LogP contribution in [0.1, 0.15) is 44.2 Å². The van der Waals surface area contributed by atoms with Gasteiger partial charge in [-0.25, -0.2) is 0 Å². The maximum atomic E-state index is 13.8. The molecular formula is C31H41N3O6. The minimum absolute atomic E-state index is 0.0164. The van der Waals surface area contributed by atoms with E-state index >= 15 is 0 Å². The van der Waals surface area contributed by atoms with Crippen molar-refractivity contribution in [2.75, 3.05) is 26.9 Å². The number of hydrogen-bond donors (Lipinski definition) is 3. The maximum Gasteiger partial charge on any atom is 0.243 e. The quantitative estimate of drug-likeness (QED) is 0.326. The van der Waals surface area contributed by atoms with Crippen molar-refractivity contribution in [3.8, 4) is 5.75 Å². The van der Waals surface area contributed by atoms with E-state index in [1.165, 1.54) is 0 Å². The summed E-state index contributed by atoms with van der Waals surface area (Å²) in [5.41, 5.74) is 0.835. The molecule has 9 heteroatoms. The van der Waals surface area contributed by atoms with Crippen LogP contribution in [0.15, 0.2) is 54.6 Å². The molecule has 2 aromatic rings. The molecule has 0 aromatic heterocycles. The van der Waals surface area contributed by atoms with Crippen LogP contribution < -0.4 is 15.4 Å². The molecule has 216 valence electrons. The summed E-state index contributed by atoms with van der Waals surface area (Å²) < 4.78 is 10.7. The van der Waals surface area contributed by atoms with Crippen molar-refractivity contribution in [1.82, 2.24) is 15.5 Å². The molecule has 9 nitrogen and oxygen atoms in total. The molecule has 2 amide bonds. The molecule has 2 aromatic carbocycles. The summed E-state index contributed by atoms with van der Waals surface area (Å²) in [5.74, 6) is -0.231. The lowest BCUT2D eigenvalue weighted by atomic mass is 9.94. The van der Waals surface area contributed by atoms with E-state index in [1.54, 1.807) is 33.1 Å². The van der Waals surface area contributed by atoms with Crippen LogP contribution in [0, 0.1) is 0 Å². The van der Waals surface area contributed by atoms with Gasteiger partial charge in [-0.15, -0.1) is 0 Å². The third kappa shape index (κ3) is 7.47. The summed E-state index contributed by atoms with van der Waals surface area (Å²) in [6.07, 6.45) is 3.34. The zero-order chi connectivity index (χ0) is 28.7. The van der Waals surface area contributed by atoms with Crippen LogP contribution in [0.5, 0.6) is 5.75 Å². The van der Waals surface area contributed by atoms with Gasteiger partial charge in [0.05, 0.1) is 32.4 Å². The number of aliphatic hydroxyl groups is 1. The van der Waals surface area contributed by atoms with Crippen molar-refractivity contribution < 1.29 is 29.0 Å². The van der Waals surface area contributed by atoms with Crippen molar-refractivity contribution in [3.63, 3.8) is 0 Å². The second kappa shape index (κ2) is 13.4. The zero-order valence-corrected chi connectivity index (χ0v) is 23.6. The largest absolute Gasteiger partial charge is 0.497 e. The van der Waals surface area contributed by atoms with Gasteiger partial charge in [0.25, 0.3) is 0 Å². The smallest absolute Gasteiger partial charge is 0.243 e. The number of methoxy groups -OCH3 is 1. The van der Waals surface area contributed by atoms with Crippen molar-refractivity contribution in [3.05, 3.63) is 65.7 Å². The Kier molecular flexibility index (Phi) is 9.95. The number of ketones is 1. The number of ether oxygens (including phenoxy) is 2. The van der Waals surface area contributed by atoms with E-state index in [0.29, 0.717) is 25.3 Å². The highest BCUT2D eigenvalue weighted by Crippen LogP contribution is 2.29. The van der Waals surface area contributed by atoms with Crippen LogP contribution in [0.2, 0.25) is 0 Å². The van der Waals surface area contributed by atoms with Crippen molar-refractivity contribution >= 4 is 17.6 Å². The predicted octanol–water partition coefficient (Wildman–Crippen LogP) is 2.04. The lowest BCUT2D eigenvalue weighted by Crippen LogP contribution is -2.58. The first-order valence-electron chi connectivity index (χ1n) is 14.1. The number of likely N-dealkylation sites (tertiary alicyclic amines) is 1. The first-order chi connectivity index (χ1) is 19.2. The summed E-state index contributed by atoms with van der Waals surface area (Å²) in [4.78, 5) is 42.6. The molecule has 0 radical (unpaired) electrons. The fraction of sp³-hybridized carbons (Fsp3) is 0.516. The number of rotatable bonds is 13. The number of epoxide rings is 1. The van der Waals surface area contributed by atoms with Crippen molar-refractivity contribution in [1.29, 1.82) is 0 Å². The standard InChI is InChI=1S/C31H41N3O6/c1-21(34-16-8-7-11-24(34)19-35)29(37)33-27(18-23-12-14-25(39-3)15-13-23)30(38)32-26(28(36)31(2)20-40-31)17-22-9-5-4-6-10-22/h4-6,9-10,12-15,21,24,26-27,35H,7-8,11,16-20H2,1-3H3,(H,32,38)(H,33,37)/t21-,24-,26-,27-,31+/m0/s1. The van der Waals surface area contributed by atoms with Crippen molar-refractivity contribution in [2.24, 2.45) is 0 Å². The number of amides is 2. The van der Waals surface area contributed by atoms with Gasteiger partial charge in [0, 0.05) is 12.5 Å². The van der Waals surface area contributed by atoms with Gasteiger partial charge in [0.2, 0.25) is 11.8 Å². The highest BCUT2D eigenvalue weighted by atomic mass is 16.6. The summed E-state index contributed by atoms with van der Waals surface area (Å²) >= 11 is 0. The number of benzene rings is 2. The van der Waals surface area contributed by atoms with Crippen LogP contribution in [0.25, 0.3) is 0 Å². The van der Waals surface area contributed by atoms with E-state index in [9.17, 15) is 19.5 Å². The Labute approximate surface area is 236 Å². The number of nitrogens with zero attached hydrogens (tertiary/aromatic N) is 1. The van der Waals surface area contributed by atoms with E-state index in [-0.39, 0.29) is 30.8 Å². The number of nitrogens with one attached hydrogen (secondary N) is 2. The van der Waals surface area contributed by atoms with Gasteiger partial charge in [0.15, 0.2) is 5.78 Å². The van der Waals surface area contributed by atoms with E-state index in [1.807, 2.05) is 47.4 Å². The normalized spacial score (nSPS) is 22.9. The Bertz CT molecular complexity index is 1150. The summed E-state index contributed by atoms with van der Waals surface area (Å²) in [6.45, 7) is 4.55. The molecule has 2 aliphatic rings. The molecule has 3 N–H and O–H groups in total. The predicted molar refractivity (Wildman–Crippen MR) is 151 cm³/mol. The molecule has 40 heavy (non-hydrogen) atoms. The Morgan fingerprint density at radius 2 is 1.62 bits per heavy atom. The minimum atomic E-state index is -0.917. The second-order valence-electron chi connectivity index (χ2n) is 11.0. The fourth-order valence-corrected chi connectivity index (χ4v) is 5.33. The number of carbonyl (C=O) groups is 3. The monoisotopic (exact) mass is 551 g/mol. The molecule has 2 saturated heterocycles. The number of piperidine rings is 1. The Hall–Kier alpha value is -3.27. The summed E-state index contributed by atoms with van der Waals surface area (Å²) in [6, 6.07) is 14.5. The summed E-state index contributed by atoms with van der Waals surface area (Å²) in [5, 5.41) is 15.7. The fourth-order valence-electron chi connectivity index (χ4n) is 5.33. The van der Waals surface area contributed by atoms with Gasteiger partial charge < -0.3 is 25.2 Å². The molecule has 5 atom stereocenters. The van der Waals surface area contributed by atoms with Gasteiger partial charge >= 0.3 is 0 Å². The summed E-state index contributed by atoms with van der Waals surface area (Å²) in [7, 11) is 1.58. The van der Waals surface area contributed by atoms with Crippen LogP contribution >= 0.6 is 0 Å². The molecule has 0 saturated carbocycles. The first kappa shape index (κ1) is 29.7. The average Bonchev–Trinajstić information content (AvgIpc) is 3.74. The van der Waals surface area contributed by atoms with Gasteiger partial charge in [-0.2, -0.15) is 0 Å². The topological polar surface area (TPSA) is 120 Å². The molecule has 2 heterocycles. The third-order valence-electron chi connectivity index (χ3n) is 8.01. The SMILES string of the molecule is COc1ccc(C[C@H](NC(=O)[C@H](C)N2CCCC[C@H]2CO)C(=O)N[C@@H](Cc2ccccc2)C(=O)[C@@]2(C)CO2)cc1. The number of carbonyl (C=O) groups excluding carboxylic acids is 3. The average molecular weight is 552 g/mol. The zero-order valence-electron chi connectivity index (χ0n) is 23.6. The van der Waals surface area contributed by atoms with Crippen LogP contribution in [-0.2, 0) is 32.0 Å². The highest BCUT2D eigenvalue weighted by Gasteiger charge is 2.50. The Balaban J connectivity index is 1.54. The molecule has 0 unspecified atom stereocenters. The van der Waals surface area contributed by atoms with Gasteiger partial charge in [-0.1, -0.05) is 48.9 Å². The maximum absolute atomic E-state index is 13.8. The lowest BCUT2D eigenvalue weighted by molar-refractivity contribution is -0.134. The molecule has 0 spiro atoms. The van der Waals surface area contributed by atoms with Gasteiger partial charge in [-0.05, 0) is 62.9 Å². The number of Topliss-reactive ketones (excluding diaryl/α,β-unsaturated/α-hetero) is 1. The molecule has 2 aliphatic heterocycles. The van der Waals surface area contributed by atoms with E-state index in [0.717, 1.165) is 30.4 Å². The Morgan fingerprint density at radius 3 is 2.25 bits per heavy atom. The lowest BCUT2D eigenvalue weighted by Gasteiger charge is -2.38. The van der Waals surface area contributed by atoms with E-state index < -0.39 is 29.6 Å². The van der Waals surface area contributed by atoms with Crippen LogP contribution in [0.3, 0.4) is 0 Å². The van der Waals surface area contributed by atoms with E-state index in [2.05, 4.69) is 10.6 Å². The third-order valence-corrected chi connectivity index (χ3v) is 8.01. The molecule has 2 fully saturated rings. The van der Waals surface area contributed by atoms with Crippen molar-refractivity contribution in [2.45, 2.75) is 75.7 Å². The van der Waals surface area contributed by atoms with Gasteiger partial charge in [0.1, 0.15) is 17.4 Å². The second-order valence-corrected chi connectivity index (χ2v) is 11.0. The highest BCUT2D eigenvalue weighted by molar-refractivity contribution is 5.98. The molecule has 4 rings (SSSR count). The van der Waals surface area contributed by atoms with Crippen LogP contribution in [-0.4, -0.2) is 84.2 Å². The molecule has 0 bridgehead atoms. The number of aliphatic hydroxyl groups excluding tert-OH is 1. The molecular weight excluding hydrogens is 510 g/mol. The first-order valence-corrected chi connectivity index (χ1v) is 14.1. The number of hydrogen-bond acceptors (Lipinski definition) is 7. The Morgan fingerprint density at radius 1 is 1.00 bits per heavy atom. The molecule has 0 aliphatic carbocycles. The minimum Gasteiger partial charge on any atom is -0.497 e. The van der Waals surface area contributed by atoms with E-state index in [4.69, 9.17) is 9.47 Å². The van der Waals surface area contributed by atoms with Gasteiger partial charge in [-0.3, -0.25) is 19.3 Å².